The predicted molar refractivity (Wildman–Crippen MR) is 47.3 cm³/mol. The zero-order chi connectivity index (χ0) is 8.89. The molecule has 1 saturated heterocycles. The summed E-state index contributed by atoms with van der Waals surface area (Å²) in [5.41, 5.74) is 1.00. The van der Waals surface area contributed by atoms with Gasteiger partial charge in [-0.15, -0.1) is 0 Å². The summed E-state index contributed by atoms with van der Waals surface area (Å²) >= 11 is 0. The molecule has 70 valence electrons. The van der Waals surface area contributed by atoms with Crippen molar-refractivity contribution in [2.24, 2.45) is 0 Å². The van der Waals surface area contributed by atoms with E-state index in [2.05, 4.69) is 5.32 Å². The summed E-state index contributed by atoms with van der Waals surface area (Å²) in [6.45, 7) is 0.909. The molecule has 1 aliphatic carbocycles. The van der Waals surface area contributed by atoms with Crippen molar-refractivity contribution < 1.29 is 9.52 Å². The lowest BCUT2D eigenvalue weighted by Crippen LogP contribution is -2.42. The van der Waals surface area contributed by atoms with Crippen LogP contribution in [0, 0.1) is 0 Å². The molecule has 0 aromatic carbocycles. The maximum atomic E-state index is 9.94. The van der Waals surface area contributed by atoms with E-state index < -0.39 is 0 Å². The number of aliphatic hydroxyl groups excluding tert-OH is 1. The number of furan rings is 1. The quantitative estimate of drug-likeness (QED) is 0.618. The van der Waals surface area contributed by atoms with Crippen LogP contribution in [0.4, 0.5) is 0 Å². The van der Waals surface area contributed by atoms with Crippen LogP contribution in [0.5, 0.6) is 0 Å². The highest BCUT2D eigenvalue weighted by atomic mass is 16.3. The number of aliphatic hydroxyl groups is 1. The highest BCUT2D eigenvalue weighted by molar-refractivity contribution is 5.35. The molecule has 3 nitrogen and oxygen atoms in total. The summed E-state index contributed by atoms with van der Waals surface area (Å²) in [5.74, 6) is 1.05. The van der Waals surface area contributed by atoms with Gasteiger partial charge in [0.15, 0.2) is 0 Å². The Morgan fingerprint density at radius 3 is 3.31 bits per heavy atom. The minimum Gasteiger partial charge on any atom is -0.469 e. The average Bonchev–Trinajstić information content (AvgIpc) is 2.72. The van der Waals surface area contributed by atoms with Crippen molar-refractivity contribution in [3.63, 3.8) is 0 Å². The maximum Gasteiger partial charge on any atom is 0.108 e. The summed E-state index contributed by atoms with van der Waals surface area (Å²) in [5, 5.41) is 13.4. The van der Waals surface area contributed by atoms with E-state index in [-0.39, 0.29) is 11.6 Å². The van der Waals surface area contributed by atoms with Gasteiger partial charge in [-0.25, -0.2) is 0 Å². The summed E-state index contributed by atoms with van der Waals surface area (Å²) in [6.07, 6.45) is 4.25. The number of nitrogens with one attached hydrogen (secondary N) is 1. The van der Waals surface area contributed by atoms with Crippen molar-refractivity contribution in [3.8, 4) is 0 Å². The summed E-state index contributed by atoms with van der Waals surface area (Å²) in [7, 11) is 0. The third-order valence-electron chi connectivity index (χ3n) is 3.40. The first kappa shape index (κ1) is 7.59. The summed E-state index contributed by atoms with van der Waals surface area (Å²) in [6, 6.07) is 1.99. The van der Waals surface area contributed by atoms with E-state index in [0.29, 0.717) is 0 Å². The molecule has 2 N–H and O–H groups in total. The Balaban J connectivity index is 2.11. The Morgan fingerprint density at radius 2 is 2.54 bits per heavy atom. The molecule has 1 spiro atoms. The fourth-order valence-corrected chi connectivity index (χ4v) is 2.70. The fraction of sp³-hybridized carbons (Fsp3) is 0.600. The molecule has 0 bridgehead atoms. The van der Waals surface area contributed by atoms with Gasteiger partial charge in [-0.05, 0) is 25.5 Å². The monoisotopic (exact) mass is 179 g/mol. The van der Waals surface area contributed by atoms with Gasteiger partial charge in [0.2, 0.25) is 0 Å². The molecule has 1 aromatic heterocycles. The lowest BCUT2D eigenvalue weighted by atomic mass is 9.89. The smallest absolute Gasteiger partial charge is 0.108 e. The van der Waals surface area contributed by atoms with Crippen molar-refractivity contribution in [3.05, 3.63) is 23.7 Å². The molecule has 1 aliphatic heterocycles. The molecule has 0 radical (unpaired) electrons. The molecule has 2 unspecified atom stereocenters. The SMILES string of the molecule is OC1CCNC12CCc1occc12. The van der Waals surface area contributed by atoms with Gasteiger partial charge in [0.05, 0.1) is 17.9 Å². The van der Waals surface area contributed by atoms with Gasteiger partial charge in [0.25, 0.3) is 0 Å². The molecule has 13 heavy (non-hydrogen) atoms. The van der Waals surface area contributed by atoms with Crippen LogP contribution in [0.3, 0.4) is 0 Å². The number of hydrogen-bond donors (Lipinski definition) is 2. The van der Waals surface area contributed by atoms with E-state index in [4.69, 9.17) is 4.42 Å². The number of aryl methyl sites for hydroxylation is 1. The van der Waals surface area contributed by atoms with Crippen LogP contribution in [-0.4, -0.2) is 17.8 Å². The van der Waals surface area contributed by atoms with Crippen molar-refractivity contribution in [2.75, 3.05) is 6.54 Å². The van der Waals surface area contributed by atoms with Gasteiger partial charge in [0, 0.05) is 12.0 Å². The molecular formula is C10H13NO2. The highest BCUT2D eigenvalue weighted by Gasteiger charge is 2.48. The molecule has 0 amide bonds. The van der Waals surface area contributed by atoms with Gasteiger partial charge in [-0.2, -0.15) is 0 Å². The molecule has 1 aromatic rings. The van der Waals surface area contributed by atoms with Crippen LogP contribution >= 0.6 is 0 Å². The molecule has 3 heteroatoms. The largest absolute Gasteiger partial charge is 0.469 e. The molecule has 2 aliphatic rings. The second-order valence-corrected chi connectivity index (χ2v) is 3.96. The minimum absolute atomic E-state index is 0.178. The van der Waals surface area contributed by atoms with Crippen LogP contribution in [0.25, 0.3) is 0 Å². The topological polar surface area (TPSA) is 45.4 Å². The van der Waals surface area contributed by atoms with Crippen LogP contribution in [0.15, 0.2) is 16.7 Å². The summed E-state index contributed by atoms with van der Waals surface area (Å²) < 4.78 is 5.36. The van der Waals surface area contributed by atoms with Crippen molar-refractivity contribution in [2.45, 2.75) is 30.9 Å². The Morgan fingerprint density at radius 1 is 1.62 bits per heavy atom. The Kier molecular flexibility index (Phi) is 1.38. The lowest BCUT2D eigenvalue weighted by Gasteiger charge is -2.27. The van der Waals surface area contributed by atoms with Gasteiger partial charge < -0.3 is 14.8 Å². The Bertz CT molecular complexity index is 333. The third-order valence-corrected chi connectivity index (χ3v) is 3.40. The highest BCUT2D eigenvalue weighted by Crippen LogP contribution is 2.43. The van der Waals surface area contributed by atoms with Gasteiger partial charge in [-0.1, -0.05) is 0 Å². The molecule has 2 atom stereocenters. The van der Waals surface area contributed by atoms with Crippen LogP contribution < -0.4 is 5.32 Å². The van der Waals surface area contributed by atoms with Gasteiger partial charge in [0.1, 0.15) is 5.76 Å². The third kappa shape index (κ3) is 0.810. The molecule has 2 heterocycles. The van der Waals surface area contributed by atoms with Gasteiger partial charge in [-0.3, -0.25) is 0 Å². The van der Waals surface area contributed by atoms with E-state index >= 15 is 0 Å². The van der Waals surface area contributed by atoms with Crippen molar-refractivity contribution in [1.82, 2.24) is 5.32 Å². The zero-order valence-corrected chi connectivity index (χ0v) is 7.42. The van der Waals surface area contributed by atoms with E-state index in [1.54, 1.807) is 6.26 Å². The van der Waals surface area contributed by atoms with E-state index in [9.17, 15) is 5.11 Å². The minimum atomic E-state index is -0.244. The molecule has 3 rings (SSSR count). The number of rotatable bonds is 0. The van der Waals surface area contributed by atoms with E-state index in [0.717, 1.165) is 31.6 Å². The zero-order valence-electron chi connectivity index (χ0n) is 7.42. The first-order valence-electron chi connectivity index (χ1n) is 4.83. The predicted octanol–water partition coefficient (Wildman–Crippen LogP) is 0.775. The van der Waals surface area contributed by atoms with E-state index in [1.807, 2.05) is 6.07 Å². The second kappa shape index (κ2) is 2.36. The number of fused-ring (bicyclic) bond motifs is 2. The second-order valence-electron chi connectivity index (χ2n) is 3.96. The standard InChI is InChI=1S/C10H13NO2/c12-9-2-5-11-10(9)4-1-8-7(10)3-6-13-8/h3,6,9,11-12H,1-2,4-5H2. The summed E-state index contributed by atoms with van der Waals surface area (Å²) in [4.78, 5) is 0. The number of hydrogen-bond acceptors (Lipinski definition) is 3. The van der Waals surface area contributed by atoms with Gasteiger partial charge >= 0.3 is 0 Å². The first-order chi connectivity index (χ1) is 6.33. The lowest BCUT2D eigenvalue weighted by molar-refractivity contribution is 0.0967. The van der Waals surface area contributed by atoms with Crippen molar-refractivity contribution >= 4 is 0 Å². The Hall–Kier alpha value is -0.800. The van der Waals surface area contributed by atoms with E-state index in [1.165, 1.54) is 5.56 Å². The molecule has 1 fully saturated rings. The molecule has 0 saturated carbocycles. The Labute approximate surface area is 76.7 Å². The van der Waals surface area contributed by atoms with Crippen LogP contribution in [-0.2, 0) is 12.0 Å². The van der Waals surface area contributed by atoms with Crippen molar-refractivity contribution in [1.29, 1.82) is 0 Å². The average molecular weight is 179 g/mol. The van der Waals surface area contributed by atoms with Crippen LogP contribution in [0.1, 0.15) is 24.2 Å². The normalized spacial score (nSPS) is 37.2. The van der Waals surface area contributed by atoms with Crippen LogP contribution in [0.2, 0.25) is 0 Å². The maximum absolute atomic E-state index is 9.94. The first-order valence-corrected chi connectivity index (χ1v) is 4.83. The fourth-order valence-electron chi connectivity index (χ4n) is 2.70. The molecular weight excluding hydrogens is 166 g/mol.